The van der Waals surface area contributed by atoms with Gasteiger partial charge in [0, 0.05) is 32.0 Å². The number of aryl methyl sites for hydroxylation is 1. The average Bonchev–Trinajstić information content (AvgIpc) is 3.14. The summed E-state index contributed by atoms with van der Waals surface area (Å²) in [4.78, 5) is 30.6. The summed E-state index contributed by atoms with van der Waals surface area (Å²) >= 11 is 0. The second-order valence-corrected chi connectivity index (χ2v) is 6.13. The van der Waals surface area contributed by atoms with E-state index in [0.29, 0.717) is 17.7 Å². The number of carbonyl (C=O) groups is 2. The van der Waals surface area contributed by atoms with Gasteiger partial charge in [-0.05, 0) is 31.4 Å². The number of hydrogen-bond acceptors (Lipinski definition) is 3. The van der Waals surface area contributed by atoms with Gasteiger partial charge in [-0.15, -0.1) is 0 Å². The Labute approximate surface area is 141 Å². The fourth-order valence-electron chi connectivity index (χ4n) is 2.89. The Bertz CT molecular complexity index is 752. The van der Waals surface area contributed by atoms with Crippen LogP contribution >= 0.6 is 0 Å². The van der Waals surface area contributed by atoms with Crippen LogP contribution in [0, 0.1) is 6.92 Å². The molecule has 1 aliphatic rings. The van der Waals surface area contributed by atoms with E-state index >= 15 is 0 Å². The van der Waals surface area contributed by atoms with Crippen LogP contribution in [0.5, 0.6) is 0 Å². The van der Waals surface area contributed by atoms with Gasteiger partial charge in [0.1, 0.15) is 0 Å². The first-order valence-corrected chi connectivity index (χ1v) is 8.21. The smallest absolute Gasteiger partial charge is 0.255 e. The molecule has 0 spiro atoms. The van der Waals surface area contributed by atoms with Gasteiger partial charge < -0.3 is 10.2 Å². The van der Waals surface area contributed by atoms with Crippen LogP contribution in [0.25, 0.3) is 0 Å². The molecule has 1 aliphatic heterocycles. The molecule has 5 heteroatoms. The van der Waals surface area contributed by atoms with E-state index in [-0.39, 0.29) is 11.8 Å². The van der Waals surface area contributed by atoms with Gasteiger partial charge >= 0.3 is 0 Å². The van der Waals surface area contributed by atoms with Crippen molar-refractivity contribution < 1.29 is 9.59 Å². The fourth-order valence-corrected chi connectivity index (χ4v) is 2.89. The molecular formula is C19H21N3O2. The van der Waals surface area contributed by atoms with Gasteiger partial charge in [-0.3, -0.25) is 14.6 Å². The number of nitrogens with one attached hydrogen (secondary N) is 1. The molecule has 0 saturated carbocycles. The largest absolute Gasteiger partial charge is 0.348 e. The highest BCUT2D eigenvalue weighted by Crippen LogP contribution is 2.13. The van der Waals surface area contributed by atoms with Gasteiger partial charge in [0.2, 0.25) is 0 Å². The number of amides is 2. The summed E-state index contributed by atoms with van der Waals surface area (Å²) in [6, 6.07) is 9.61. The summed E-state index contributed by atoms with van der Waals surface area (Å²) in [5.74, 6) is -0.270. The third kappa shape index (κ3) is 3.79. The topological polar surface area (TPSA) is 62.3 Å². The normalized spacial score (nSPS) is 13.8. The maximum atomic E-state index is 12.4. The summed E-state index contributed by atoms with van der Waals surface area (Å²) < 4.78 is 0. The first-order valence-electron chi connectivity index (χ1n) is 8.21. The lowest BCUT2D eigenvalue weighted by Crippen LogP contribution is -2.28. The molecule has 1 fully saturated rings. The number of likely N-dealkylation sites (tertiary alicyclic amines) is 1. The fraction of sp³-hybridized carbons (Fsp3) is 0.316. The Morgan fingerprint density at radius 2 is 1.88 bits per heavy atom. The summed E-state index contributed by atoms with van der Waals surface area (Å²) in [5.41, 5.74) is 3.08. The molecule has 5 nitrogen and oxygen atoms in total. The minimum absolute atomic E-state index is 0.0478. The molecule has 3 rings (SSSR count). The number of pyridine rings is 1. The number of nitrogens with zero attached hydrogens (tertiary/aromatic N) is 2. The molecule has 1 saturated heterocycles. The van der Waals surface area contributed by atoms with Crippen molar-refractivity contribution in [3.05, 3.63) is 65.0 Å². The number of benzene rings is 1. The summed E-state index contributed by atoms with van der Waals surface area (Å²) in [6.07, 6.45) is 5.09. The Morgan fingerprint density at radius 1 is 1.12 bits per heavy atom. The molecule has 0 bridgehead atoms. The summed E-state index contributed by atoms with van der Waals surface area (Å²) in [5, 5.41) is 2.87. The van der Waals surface area contributed by atoms with Crippen molar-refractivity contribution in [3.8, 4) is 0 Å². The highest BCUT2D eigenvalue weighted by molar-refractivity contribution is 5.99. The Balaban J connectivity index is 1.66. The van der Waals surface area contributed by atoms with Crippen LogP contribution in [-0.2, 0) is 6.54 Å². The van der Waals surface area contributed by atoms with E-state index in [0.717, 1.165) is 37.1 Å². The van der Waals surface area contributed by atoms with Gasteiger partial charge in [0.05, 0.1) is 11.1 Å². The average molecular weight is 323 g/mol. The van der Waals surface area contributed by atoms with E-state index in [1.165, 1.54) is 12.4 Å². The molecule has 24 heavy (non-hydrogen) atoms. The van der Waals surface area contributed by atoms with Crippen molar-refractivity contribution in [2.24, 2.45) is 0 Å². The third-order valence-electron chi connectivity index (χ3n) is 4.18. The van der Waals surface area contributed by atoms with Gasteiger partial charge in [-0.25, -0.2) is 0 Å². The van der Waals surface area contributed by atoms with Gasteiger partial charge in [-0.1, -0.05) is 29.8 Å². The molecule has 2 aromatic rings. The van der Waals surface area contributed by atoms with Crippen molar-refractivity contribution in [3.63, 3.8) is 0 Å². The molecular weight excluding hydrogens is 302 g/mol. The maximum Gasteiger partial charge on any atom is 0.255 e. The van der Waals surface area contributed by atoms with E-state index in [4.69, 9.17) is 0 Å². The molecule has 1 aromatic heterocycles. The lowest BCUT2D eigenvalue weighted by molar-refractivity contribution is 0.0792. The van der Waals surface area contributed by atoms with Gasteiger partial charge in [0.25, 0.3) is 11.8 Å². The quantitative estimate of drug-likeness (QED) is 0.940. The lowest BCUT2D eigenvalue weighted by Gasteiger charge is -2.15. The molecule has 0 aliphatic carbocycles. The van der Waals surface area contributed by atoms with E-state index in [1.807, 2.05) is 36.1 Å². The first kappa shape index (κ1) is 16.2. The predicted molar refractivity (Wildman–Crippen MR) is 91.7 cm³/mol. The van der Waals surface area contributed by atoms with Gasteiger partial charge in [-0.2, -0.15) is 0 Å². The monoisotopic (exact) mass is 323 g/mol. The van der Waals surface area contributed by atoms with Crippen molar-refractivity contribution in [1.29, 1.82) is 0 Å². The van der Waals surface area contributed by atoms with Crippen molar-refractivity contribution >= 4 is 11.8 Å². The number of aromatic nitrogens is 1. The van der Waals surface area contributed by atoms with Crippen LogP contribution in [0.15, 0.2) is 42.7 Å². The highest BCUT2D eigenvalue weighted by atomic mass is 16.2. The minimum Gasteiger partial charge on any atom is -0.348 e. The SMILES string of the molecule is Cc1cccc(CNC(=O)c2cncc(C(=O)N3CCCC3)c2)c1. The molecule has 0 atom stereocenters. The maximum absolute atomic E-state index is 12.4. The van der Waals surface area contributed by atoms with Crippen LogP contribution in [0.4, 0.5) is 0 Å². The molecule has 2 heterocycles. The van der Waals surface area contributed by atoms with Crippen LogP contribution < -0.4 is 5.32 Å². The number of hydrogen-bond donors (Lipinski definition) is 1. The molecule has 1 N–H and O–H groups in total. The van der Waals surface area contributed by atoms with Crippen molar-refractivity contribution in [1.82, 2.24) is 15.2 Å². The van der Waals surface area contributed by atoms with Crippen LogP contribution in [0.1, 0.15) is 44.7 Å². The standard InChI is InChI=1S/C19H21N3O2/c1-14-5-4-6-15(9-14)11-21-18(23)16-10-17(13-20-12-16)19(24)22-7-2-3-8-22/h4-6,9-10,12-13H,2-3,7-8,11H2,1H3,(H,21,23). The zero-order chi connectivity index (χ0) is 16.9. The first-order chi connectivity index (χ1) is 11.6. The van der Waals surface area contributed by atoms with E-state index in [1.54, 1.807) is 6.07 Å². The Kier molecular flexibility index (Phi) is 4.89. The summed E-state index contributed by atoms with van der Waals surface area (Å²) in [6.45, 7) is 4.03. The van der Waals surface area contributed by atoms with Crippen LogP contribution in [0.2, 0.25) is 0 Å². The number of carbonyl (C=O) groups excluding carboxylic acids is 2. The zero-order valence-electron chi connectivity index (χ0n) is 13.8. The second-order valence-electron chi connectivity index (χ2n) is 6.13. The lowest BCUT2D eigenvalue weighted by atomic mass is 10.1. The van der Waals surface area contributed by atoms with Crippen LogP contribution in [0.3, 0.4) is 0 Å². The van der Waals surface area contributed by atoms with Crippen molar-refractivity contribution in [2.75, 3.05) is 13.1 Å². The predicted octanol–water partition coefficient (Wildman–Crippen LogP) is 2.56. The van der Waals surface area contributed by atoms with E-state index in [9.17, 15) is 9.59 Å². The van der Waals surface area contributed by atoms with E-state index < -0.39 is 0 Å². The van der Waals surface area contributed by atoms with Crippen molar-refractivity contribution in [2.45, 2.75) is 26.3 Å². The summed E-state index contributed by atoms with van der Waals surface area (Å²) in [7, 11) is 0. The highest BCUT2D eigenvalue weighted by Gasteiger charge is 2.20. The minimum atomic E-state index is -0.222. The molecule has 2 amide bonds. The van der Waals surface area contributed by atoms with Gasteiger partial charge in [0.15, 0.2) is 0 Å². The zero-order valence-corrected chi connectivity index (χ0v) is 13.8. The second kappa shape index (κ2) is 7.25. The molecule has 0 radical (unpaired) electrons. The Morgan fingerprint density at radius 3 is 2.62 bits per heavy atom. The number of rotatable bonds is 4. The Hall–Kier alpha value is -2.69. The third-order valence-corrected chi connectivity index (χ3v) is 4.18. The molecule has 1 aromatic carbocycles. The molecule has 124 valence electrons. The van der Waals surface area contributed by atoms with Crippen LogP contribution in [-0.4, -0.2) is 34.8 Å². The molecule has 0 unspecified atom stereocenters. The van der Waals surface area contributed by atoms with E-state index in [2.05, 4.69) is 10.3 Å².